The minimum Gasteiger partial charge on any atom is -0.478 e. The van der Waals surface area contributed by atoms with Crippen molar-refractivity contribution in [2.75, 3.05) is 6.61 Å². The van der Waals surface area contributed by atoms with E-state index in [1.165, 1.54) is 12.1 Å². The van der Waals surface area contributed by atoms with E-state index in [-0.39, 0.29) is 25.3 Å². The number of aromatic carboxylic acids is 2. The number of ether oxygens (including phenoxy) is 1. The summed E-state index contributed by atoms with van der Waals surface area (Å²) in [5.41, 5.74) is 19.6. The molecule has 0 aromatic heterocycles. The van der Waals surface area contributed by atoms with Gasteiger partial charge in [-0.1, -0.05) is 46.6 Å². The predicted molar refractivity (Wildman–Crippen MR) is 144 cm³/mol. The lowest BCUT2D eigenvalue weighted by molar-refractivity contribution is 0.0553. The van der Waals surface area contributed by atoms with E-state index in [9.17, 15) is 14.4 Å². The number of hydrogen-bond donors (Lipinski definition) is 2. The van der Waals surface area contributed by atoms with E-state index in [0.717, 1.165) is 16.7 Å². The number of carbonyl (C=O) groups is 3. The van der Waals surface area contributed by atoms with Gasteiger partial charge in [-0.2, -0.15) is 5.26 Å². The van der Waals surface area contributed by atoms with Crippen molar-refractivity contribution >= 4 is 29.5 Å². The molecule has 0 heterocycles. The third-order valence-corrected chi connectivity index (χ3v) is 4.96. The number of esters is 1. The first-order chi connectivity index (χ1) is 19.2. The van der Waals surface area contributed by atoms with Crippen molar-refractivity contribution in [1.82, 2.24) is 0 Å². The molecule has 40 heavy (non-hydrogen) atoms. The van der Waals surface area contributed by atoms with Gasteiger partial charge in [0.15, 0.2) is 6.61 Å². The van der Waals surface area contributed by atoms with Crippen molar-refractivity contribution in [3.8, 4) is 6.07 Å². The van der Waals surface area contributed by atoms with Crippen LogP contribution in [0, 0.1) is 11.3 Å². The molecule has 3 aromatic rings. The molecule has 0 aliphatic heterocycles. The third-order valence-electron chi connectivity index (χ3n) is 4.65. The first-order valence-electron chi connectivity index (χ1n) is 11.1. The van der Waals surface area contributed by atoms with Gasteiger partial charge in [0.25, 0.3) is 0 Å². The molecule has 0 saturated heterocycles. The van der Waals surface area contributed by atoms with Crippen LogP contribution in [-0.2, 0) is 23.7 Å². The fraction of sp³-hybridized carbons (Fsp3) is 0.154. The SMILES string of the molecule is N#CCOC(=O)c1ccc(CN=[N+]=[N-])cc1.O=C(O)c1ccc(CCl)cc1.[N-]=[N+]=NCc1ccc(C(=O)O)cc1. The highest BCUT2D eigenvalue weighted by Crippen LogP contribution is 2.08. The highest BCUT2D eigenvalue weighted by Gasteiger charge is 2.06. The number of azide groups is 2. The fourth-order valence-electron chi connectivity index (χ4n) is 2.64. The number of nitriles is 1. The summed E-state index contributed by atoms with van der Waals surface area (Å²) in [4.78, 5) is 37.3. The number of carboxylic acids is 2. The van der Waals surface area contributed by atoms with Crippen LogP contribution in [0.3, 0.4) is 0 Å². The van der Waals surface area contributed by atoms with Crippen LogP contribution in [0.5, 0.6) is 0 Å². The molecule has 0 aliphatic carbocycles. The molecule has 0 saturated carbocycles. The minimum atomic E-state index is -0.963. The third kappa shape index (κ3) is 12.6. The van der Waals surface area contributed by atoms with Crippen LogP contribution in [0.15, 0.2) is 83.0 Å². The summed E-state index contributed by atoms with van der Waals surface area (Å²) in [6.45, 7) is 0.222. The predicted octanol–water partition coefficient (Wildman–Crippen LogP) is 6.50. The zero-order chi connectivity index (χ0) is 29.8. The zero-order valence-electron chi connectivity index (χ0n) is 20.8. The number of carbonyl (C=O) groups excluding carboxylic acids is 1. The number of alkyl halides is 1. The molecule has 204 valence electrons. The Balaban J connectivity index is 0.000000305. The van der Waals surface area contributed by atoms with Crippen LogP contribution in [-0.4, -0.2) is 34.7 Å². The molecule has 0 fully saturated rings. The van der Waals surface area contributed by atoms with Gasteiger partial charge >= 0.3 is 17.9 Å². The molecule has 0 spiro atoms. The number of nitrogens with zero attached hydrogens (tertiary/aromatic N) is 7. The van der Waals surface area contributed by atoms with E-state index in [1.54, 1.807) is 66.7 Å². The molecule has 2 N–H and O–H groups in total. The molecule has 0 bridgehead atoms. The molecule has 0 aliphatic rings. The Morgan fingerprint density at radius 3 is 1.45 bits per heavy atom. The van der Waals surface area contributed by atoms with Crippen molar-refractivity contribution in [3.63, 3.8) is 0 Å². The smallest absolute Gasteiger partial charge is 0.339 e. The summed E-state index contributed by atoms with van der Waals surface area (Å²) in [6, 6.07) is 20.8. The Morgan fingerprint density at radius 1 is 0.750 bits per heavy atom. The quantitative estimate of drug-likeness (QED) is 0.0964. The highest BCUT2D eigenvalue weighted by atomic mass is 35.5. The van der Waals surface area contributed by atoms with Gasteiger partial charge in [0.2, 0.25) is 0 Å². The molecule has 0 amide bonds. The van der Waals surface area contributed by atoms with E-state index < -0.39 is 17.9 Å². The Bertz CT molecular complexity index is 1410. The Hall–Kier alpha value is -5.53. The molecule has 0 unspecified atom stereocenters. The monoisotopic (exact) mass is 563 g/mol. The van der Waals surface area contributed by atoms with Crippen LogP contribution in [0.25, 0.3) is 20.9 Å². The summed E-state index contributed by atoms with van der Waals surface area (Å²) in [5.74, 6) is -2.00. The average Bonchev–Trinajstić information content (AvgIpc) is 2.98. The van der Waals surface area contributed by atoms with Gasteiger partial charge in [-0.15, -0.1) is 11.6 Å². The molecule has 3 aromatic carbocycles. The second-order valence-corrected chi connectivity index (χ2v) is 7.61. The lowest BCUT2D eigenvalue weighted by Crippen LogP contribution is -2.05. The number of carboxylic acid groups (broad SMARTS) is 2. The summed E-state index contributed by atoms with van der Waals surface area (Å²) >= 11 is 5.51. The van der Waals surface area contributed by atoms with Crippen molar-refractivity contribution in [2.24, 2.45) is 10.2 Å². The molecular formula is C26H22ClN7O6. The van der Waals surface area contributed by atoms with Gasteiger partial charge in [0.05, 0.1) is 29.8 Å². The van der Waals surface area contributed by atoms with Gasteiger partial charge in [-0.25, -0.2) is 14.4 Å². The van der Waals surface area contributed by atoms with Crippen molar-refractivity contribution < 1.29 is 29.3 Å². The average molecular weight is 564 g/mol. The topological polar surface area (TPSA) is 222 Å². The van der Waals surface area contributed by atoms with Crippen molar-refractivity contribution in [3.05, 3.63) is 127 Å². The molecule has 0 atom stereocenters. The Labute approximate surface area is 233 Å². The molecule has 13 nitrogen and oxygen atoms in total. The normalized spacial score (nSPS) is 9.00. The number of rotatable bonds is 9. The Morgan fingerprint density at radius 2 is 1.12 bits per heavy atom. The maximum Gasteiger partial charge on any atom is 0.339 e. The lowest BCUT2D eigenvalue weighted by Gasteiger charge is -2.01. The minimum absolute atomic E-state index is 0.227. The standard InChI is InChI=1S/C10H8N4O2.C8H7ClO2.C8H7N3O2/c11-5-6-16-10(15)9-3-1-8(2-4-9)7-13-14-12;9-5-6-1-3-7(4-2-6)8(10)11;9-11-10-5-6-1-3-7(4-2-6)8(12)13/h1-4H,6-7H2;1-4H,5H2,(H,10,11);1-4H,5H2,(H,12,13). The van der Waals surface area contributed by atoms with Gasteiger partial charge in [-0.3, -0.25) is 0 Å². The summed E-state index contributed by atoms with van der Waals surface area (Å²) in [7, 11) is 0. The summed E-state index contributed by atoms with van der Waals surface area (Å²) in [6.07, 6.45) is 0. The summed E-state index contributed by atoms with van der Waals surface area (Å²) in [5, 5.41) is 32.1. The number of halogens is 1. The van der Waals surface area contributed by atoms with E-state index in [0.29, 0.717) is 17.0 Å². The Kier molecular flexibility index (Phi) is 15.2. The zero-order valence-corrected chi connectivity index (χ0v) is 21.5. The summed E-state index contributed by atoms with van der Waals surface area (Å²) < 4.78 is 4.62. The van der Waals surface area contributed by atoms with Gasteiger partial charge in [0.1, 0.15) is 6.07 Å². The van der Waals surface area contributed by atoms with E-state index in [4.69, 9.17) is 38.1 Å². The first kappa shape index (κ1) is 32.5. The number of benzene rings is 3. The molecule has 14 heteroatoms. The van der Waals surface area contributed by atoms with E-state index in [1.807, 2.05) is 0 Å². The highest BCUT2D eigenvalue weighted by molar-refractivity contribution is 6.17. The lowest BCUT2D eigenvalue weighted by atomic mass is 10.1. The van der Waals surface area contributed by atoms with Crippen LogP contribution < -0.4 is 0 Å². The second kappa shape index (κ2) is 18.7. The van der Waals surface area contributed by atoms with Crippen LogP contribution >= 0.6 is 11.6 Å². The largest absolute Gasteiger partial charge is 0.478 e. The molecule has 3 rings (SSSR count). The van der Waals surface area contributed by atoms with Gasteiger partial charge < -0.3 is 14.9 Å². The number of hydrogen-bond acceptors (Lipinski definition) is 7. The molecule has 0 radical (unpaired) electrons. The van der Waals surface area contributed by atoms with Crippen LogP contribution in [0.4, 0.5) is 0 Å². The van der Waals surface area contributed by atoms with Gasteiger partial charge in [0, 0.05) is 15.7 Å². The van der Waals surface area contributed by atoms with Crippen molar-refractivity contribution in [1.29, 1.82) is 5.26 Å². The van der Waals surface area contributed by atoms with E-state index >= 15 is 0 Å². The fourth-order valence-corrected chi connectivity index (χ4v) is 2.82. The maximum atomic E-state index is 11.3. The maximum absolute atomic E-state index is 11.3. The van der Waals surface area contributed by atoms with Crippen molar-refractivity contribution in [2.45, 2.75) is 19.0 Å². The van der Waals surface area contributed by atoms with Crippen LogP contribution in [0.2, 0.25) is 0 Å². The second-order valence-electron chi connectivity index (χ2n) is 7.35. The van der Waals surface area contributed by atoms with Gasteiger partial charge in [-0.05, 0) is 64.2 Å². The van der Waals surface area contributed by atoms with Crippen LogP contribution in [0.1, 0.15) is 47.8 Å². The van der Waals surface area contributed by atoms with E-state index in [2.05, 4.69) is 24.8 Å². The molecular weight excluding hydrogens is 542 g/mol. The first-order valence-corrected chi connectivity index (χ1v) is 11.6.